The quantitative estimate of drug-likeness (QED) is 0.103. The first kappa shape index (κ1) is 37.5. The molecule has 15 heteroatoms. The van der Waals surface area contributed by atoms with E-state index in [1.807, 2.05) is 17.9 Å². The van der Waals surface area contributed by atoms with Gasteiger partial charge in [0.2, 0.25) is 0 Å². The summed E-state index contributed by atoms with van der Waals surface area (Å²) >= 11 is 4.19. The third kappa shape index (κ3) is 7.62. The van der Waals surface area contributed by atoms with E-state index in [1.54, 1.807) is 25.3 Å². The van der Waals surface area contributed by atoms with Crippen molar-refractivity contribution in [3.8, 4) is 23.0 Å². The molecule has 2 aromatic rings. The molecule has 0 bridgehead atoms. The van der Waals surface area contributed by atoms with Crippen LogP contribution in [0, 0.1) is 0 Å². The summed E-state index contributed by atoms with van der Waals surface area (Å²) in [5.74, 6) is 1.30. The summed E-state index contributed by atoms with van der Waals surface area (Å²) in [5, 5.41) is 14.8. The normalized spacial score (nSPS) is 21.3. The Kier molecular flexibility index (Phi) is 11.7. The molecule has 4 heterocycles. The van der Waals surface area contributed by atoms with Gasteiger partial charge in [0, 0.05) is 37.0 Å². The van der Waals surface area contributed by atoms with Crippen LogP contribution in [-0.4, -0.2) is 110 Å². The molecule has 0 spiro atoms. The van der Waals surface area contributed by atoms with E-state index in [-0.39, 0.29) is 47.5 Å². The largest absolute Gasteiger partial charge is 0.493 e. The van der Waals surface area contributed by atoms with Crippen molar-refractivity contribution in [2.45, 2.75) is 62.6 Å². The molecule has 0 unspecified atom stereocenters. The molecule has 4 atom stereocenters. The van der Waals surface area contributed by atoms with Crippen molar-refractivity contribution in [2.75, 3.05) is 63.9 Å². The maximum absolute atomic E-state index is 13.8. The first-order valence-electron chi connectivity index (χ1n) is 17.4. The number of hydrogen-bond acceptors (Lipinski definition) is 12. The van der Waals surface area contributed by atoms with Crippen molar-refractivity contribution in [1.29, 1.82) is 0 Å². The van der Waals surface area contributed by atoms with Gasteiger partial charge in [-0.3, -0.25) is 9.59 Å². The predicted octanol–water partition coefficient (Wildman–Crippen LogP) is 5.54. The smallest absolute Gasteiger partial charge is 0.416 e. The molecule has 2 aromatic carbocycles. The first-order valence-corrected chi connectivity index (χ1v) is 19.3. The average Bonchev–Trinajstić information content (AvgIpc) is 3.68. The number of ether oxygens (including phenoxy) is 5. The second kappa shape index (κ2) is 16.2. The van der Waals surface area contributed by atoms with Gasteiger partial charge in [0.1, 0.15) is 6.61 Å². The zero-order chi connectivity index (χ0) is 37.1. The van der Waals surface area contributed by atoms with E-state index in [4.69, 9.17) is 23.7 Å². The van der Waals surface area contributed by atoms with Crippen LogP contribution in [-0.2, 0) is 4.74 Å². The zero-order valence-corrected chi connectivity index (χ0v) is 31.4. The Balaban J connectivity index is 1.09. The molecular formula is C37H46N4O9S2. The highest BCUT2D eigenvalue weighted by atomic mass is 33.1. The molecule has 0 saturated carbocycles. The van der Waals surface area contributed by atoms with Crippen molar-refractivity contribution >= 4 is 51.7 Å². The van der Waals surface area contributed by atoms with Crippen LogP contribution in [0.5, 0.6) is 23.0 Å². The van der Waals surface area contributed by atoms with Gasteiger partial charge in [-0.15, -0.1) is 11.7 Å². The van der Waals surface area contributed by atoms with Gasteiger partial charge in [-0.2, -0.15) is 0 Å². The number of anilines is 2. The van der Waals surface area contributed by atoms with Crippen LogP contribution in [0.2, 0.25) is 0 Å². The molecule has 0 aromatic heterocycles. The number of rotatable bonds is 13. The van der Waals surface area contributed by atoms with E-state index < -0.39 is 18.4 Å². The second-order valence-corrected chi connectivity index (χ2v) is 15.1. The highest BCUT2D eigenvalue weighted by Crippen LogP contribution is 2.42. The van der Waals surface area contributed by atoms with Crippen LogP contribution < -0.4 is 29.2 Å². The number of methoxy groups -OCH3 is 2. The fourth-order valence-electron chi connectivity index (χ4n) is 7.05. The number of carbonyl (C=O) groups excluding carboxylic acids is 3. The number of benzene rings is 2. The van der Waals surface area contributed by atoms with E-state index in [2.05, 4.69) is 30.1 Å². The number of carbonyl (C=O) groups is 3. The molecule has 6 rings (SSSR count). The van der Waals surface area contributed by atoms with Crippen LogP contribution in [0.1, 0.15) is 59.7 Å². The van der Waals surface area contributed by atoms with Gasteiger partial charge < -0.3 is 43.9 Å². The van der Waals surface area contributed by atoms with E-state index >= 15 is 0 Å². The minimum atomic E-state index is -1.37. The van der Waals surface area contributed by atoms with Gasteiger partial charge in [-0.25, -0.2) is 9.69 Å². The number of fused-ring (bicyclic) bond motifs is 4. The van der Waals surface area contributed by atoms with Gasteiger partial charge in [0.25, 0.3) is 11.8 Å². The van der Waals surface area contributed by atoms with Crippen molar-refractivity contribution in [3.05, 3.63) is 59.7 Å². The third-order valence-electron chi connectivity index (χ3n) is 9.74. The standard InChI is InChI=1S/C37H46N4O9S2/c1-21-11-24-17-38-27-15-32(30(46-4)13-25(27)34(42)39(24)18-21)48-9-7-6-8-10-49-33-16-28-26(14-31(33)47-5)35(43)40-19-22(2)12-29(40)36(44)41(28)37(45)50-20-23(3)52-51/h13-16,23-24,29,36,38,44,51H,1-2,6-12,17-20H2,3-5H3/t23-,24+,29+,36+/m1/s1. The fraction of sp³-hybridized carbons (Fsp3) is 0.486. The van der Waals surface area contributed by atoms with Gasteiger partial charge >= 0.3 is 6.09 Å². The van der Waals surface area contributed by atoms with Gasteiger partial charge in [0.05, 0.1) is 62.0 Å². The maximum Gasteiger partial charge on any atom is 0.416 e. The molecule has 4 aliphatic rings. The van der Waals surface area contributed by atoms with Gasteiger partial charge in [0.15, 0.2) is 29.2 Å². The van der Waals surface area contributed by atoms with Crippen LogP contribution in [0.25, 0.3) is 0 Å². The molecule has 3 amide bonds. The molecule has 280 valence electrons. The van der Waals surface area contributed by atoms with E-state index in [1.165, 1.54) is 22.8 Å². The molecular weight excluding hydrogens is 709 g/mol. The summed E-state index contributed by atoms with van der Waals surface area (Å²) in [6.45, 7) is 12.2. The molecule has 2 fully saturated rings. The van der Waals surface area contributed by atoms with E-state index in [9.17, 15) is 19.5 Å². The highest BCUT2D eigenvalue weighted by Gasteiger charge is 2.46. The number of thiol groups is 1. The summed E-state index contributed by atoms with van der Waals surface area (Å²) in [6.07, 6.45) is 1.15. The Morgan fingerprint density at radius 2 is 1.54 bits per heavy atom. The molecule has 4 aliphatic heterocycles. The number of unbranched alkanes of at least 4 members (excludes halogenated alkanes) is 2. The molecule has 0 radical (unpaired) electrons. The summed E-state index contributed by atoms with van der Waals surface area (Å²) in [5.41, 5.74) is 3.48. The lowest BCUT2D eigenvalue weighted by molar-refractivity contribution is 0.0491. The van der Waals surface area contributed by atoms with Gasteiger partial charge in [-0.1, -0.05) is 35.1 Å². The Bertz CT molecular complexity index is 1740. The molecule has 0 aliphatic carbocycles. The summed E-state index contributed by atoms with van der Waals surface area (Å²) in [6, 6.07) is 6.06. The lowest BCUT2D eigenvalue weighted by Crippen LogP contribution is -2.51. The fourth-order valence-corrected chi connectivity index (χ4v) is 7.37. The molecule has 52 heavy (non-hydrogen) atoms. The van der Waals surface area contributed by atoms with Crippen LogP contribution in [0.15, 0.2) is 48.6 Å². The second-order valence-electron chi connectivity index (χ2n) is 13.5. The number of aliphatic hydroxyl groups excluding tert-OH is 1. The number of amides is 3. The van der Waals surface area contributed by atoms with Crippen molar-refractivity contribution < 1.29 is 43.2 Å². The Hall–Kier alpha value is -4.21. The Morgan fingerprint density at radius 1 is 0.923 bits per heavy atom. The van der Waals surface area contributed by atoms with Crippen LogP contribution in [0.3, 0.4) is 0 Å². The number of nitrogens with zero attached hydrogens (tertiary/aromatic N) is 3. The maximum atomic E-state index is 13.8. The third-order valence-corrected chi connectivity index (χ3v) is 11.3. The van der Waals surface area contributed by atoms with Gasteiger partial charge in [-0.05, 0) is 51.2 Å². The monoisotopic (exact) mass is 754 g/mol. The Morgan fingerprint density at radius 3 is 2.21 bits per heavy atom. The van der Waals surface area contributed by atoms with Crippen molar-refractivity contribution in [1.82, 2.24) is 9.80 Å². The number of aliphatic hydroxyl groups is 1. The first-order chi connectivity index (χ1) is 25.0. The van der Waals surface area contributed by atoms with E-state index in [0.717, 1.165) is 41.0 Å². The SMILES string of the molecule is C=C1C[C@H]2CNc3cc(OCCCCCOc4cc5c(cc4OC)C(=O)N4CC(=C)C[C@H]4[C@H](O)N5C(=O)OC[C@@H](C)SS)c(OC)cc3C(=O)N2C1. The number of nitrogens with one attached hydrogen (secondary N) is 1. The zero-order valence-electron chi connectivity index (χ0n) is 29.7. The minimum Gasteiger partial charge on any atom is -0.493 e. The predicted molar refractivity (Wildman–Crippen MR) is 202 cm³/mol. The molecule has 2 N–H and O–H groups in total. The lowest BCUT2D eigenvalue weighted by atomic mass is 10.1. The molecule has 13 nitrogen and oxygen atoms in total. The molecule has 2 saturated heterocycles. The Labute approximate surface area is 313 Å². The minimum absolute atomic E-state index is 0.0419. The number of hydrogen-bond donors (Lipinski definition) is 3. The average molecular weight is 755 g/mol. The van der Waals surface area contributed by atoms with Crippen LogP contribution in [0.4, 0.5) is 16.2 Å². The topological polar surface area (TPSA) is 139 Å². The lowest BCUT2D eigenvalue weighted by Gasteiger charge is -2.31. The van der Waals surface area contributed by atoms with Crippen molar-refractivity contribution in [2.24, 2.45) is 0 Å². The summed E-state index contributed by atoms with van der Waals surface area (Å²) in [4.78, 5) is 45.1. The van der Waals surface area contributed by atoms with Crippen molar-refractivity contribution in [3.63, 3.8) is 0 Å². The van der Waals surface area contributed by atoms with E-state index in [0.29, 0.717) is 67.7 Å². The summed E-state index contributed by atoms with van der Waals surface area (Å²) < 4.78 is 29.0. The highest BCUT2D eigenvalue weighted by molar-refractivity contribution is 8.68. The van der Waals surface area contributed by atoms with Crippen LogP contribution >= 0.6 is 22.5 Å². The summed E-state index contributed by atoms with van der Waals surface area (Å²) in [7, 11) is 4.28.